The first-order valence-corrected chi connectivity index (χ1v) is 4.73. The Hall–Kier alpha value is -0.540. The van der Waals surface area contributed by atoms with E-state index in [0.29, 0.717) is 5.75 Å². The van der Waals surface area contributed by atoms with E-state index in [1.54, 1.807) is 0 Å². The molecule has 1 rings (SSSR count). The quantitative estimate of drug-likeness (QED) is 0.727. The molecule has 0 aliphatic rings. The summed E-state index contributed by atoms with van der Waals surface area (Å²) in [7, 11) is 0. The highest BCUT2D eigenvalue weighted by molar-refractivity contribution is 7.99. The summed E-state index contributed by atoms with van der Waals surface area (Å²) in [5, 5.41) is 8.92. The smallest absolute Gasteiger partial charge is 0.116 e. The van der Waals surface area contributed by atoms with Crippen molar-refractivity contribution in [3.8, 4) is 0 Å². The lowest BCUT2D eigenvalue weighted by atomic mass is 10.4. The van der Waals surface area contributed by atoms with Crippen LogP contribution in [0.4, 0.5) is 4.39 Å². The van der Waals surface area contributed by atoms with Crippen LogP contribution >= 0.6 is 11.8 Å². The Labute approximate surface area is 75.6 Å². The summed E-state index contributed by atoms with van der Waals surface area (Å²) in [5.74, 6) is 0.417. The Bertz CT molecular complexity index is 215. The second-order valence-corrected chi connectivity index (χ2v) is 3.53. The molecule has 0 aliphatic heterocycles. The lowest BCUT2D eigenvalue weighted by Crippen LogP contribution is -2.11. The molecule has 1 nitrogen and oxygen atoms in total. The number of thioether (sulfide) groups is 1. The van der Waals surface area contributed by atoms with Gasteiger partial charge in [-0.05, 0) is 12.1 Å². The molecule has 3 heteroatoms. The molecule has 1 aromatic carbocycles. The number of hydrogen-bond acceptors (Lipinski definition) is 2. The highest BCUT2D eigenvalue weighted by atomic mass is 32.2. The van der Waals surface area contributed by atoms with Gasteiger partial charge in [-0.15, -0.1) is 11.8 Å². The topological polar surface area (TPSA) is 20.2 Å². The highest BCUT2D eigenvalue weighted by Crippen LogP contribution is 2.17. The van der Waals surface area contributed by atoms with Crippen molar-refractivity contribution in [2.45, 2.75) is 11.0 Å². The van der Waals surface area contributed by atoms with Crippen molar-refractivity contribution in [1.82, 2.24) is 0 Å². The molecule has 0 spiro atoms. The molecule has 0 aliphatic carbocycles. The van der Waals surface area contributed by atoms with Crippen molar-refractivity contribution in [3.63, 3.8) is 0 Å². The van der Waals surface area contributed by atoms with Crippen molar-refractivity contribution >= 4 is 11.8 Å². The van der Waals surface area contributed by atoms with E-state index in [2.05, 4.69) is 0 Å². The van der Waals surface area contributed by atoms with E-state index in [1.165, 1.54) is 11.8 Å². The number of aliphatic hydroxyl groups excluding tert-OH is 1. The number of hydrogen-bond donors (Lipinski definition) is 1. The summed E-state index contributed by atoms with van der Waals surface area (Å²) in [6.07, 6.45) is -0.838. The molecule has 0 saturated heterocycles. The van der Waals surface area contributed by atoms with Gasteiger partial charge in [0.2, 0.25) is 0 Å². The van der Waals surface area contributed by atoms with Crippen LogP contribution in [-0.2, 0) is 0 Å². The molecule has 0 amide bonds. The average Bonchev–Trinajstić information content (AvgIpc) is 2.16. The van der Waals surface area contributed by atoms with Gasteiger partial charge in [0.05, 0.1) is 6.10 Å². The predicted molar refractivity (Wildman–Crippen MR) is 49.1 cm³/mol. The predicted octanol–water partition coefficient (Wildman–Crippen LogP) is 2.11. The standard InChI is InChI=1S/C9H11FOS/c10-6-8(11)7-12-9-4-2-1-3-5-9/h1-5,8,11H,6-7H2. The number of halogens is 1. The van der Waals surface area contributed by atoms with Crippen LogP contribution in [0.1, 0.15) is 0 Å². The third-order valence-corrected chi connectivity index (χ3v) is 2.52. The number of benzene rings is 1. The Kier molecular flexibility index (Phi) is 4.11. The van der Waals surface area contributed by atoms with Gasteiger partial charge < -0.3 is 5.11 Å². The minimum atomic E-state index is -0.838. The third kappa shape index (κ3) is 3.24. The number of rotatable bonds is 4. The van der Waals surface area contributed by atoms with Gasteiger partial charge >= 0.3 is 0 Å². The summed E-state index contributed by atoms with van der Waals surface area (Å²) in [4.78, 5) is 1.06. The van der Waals surface area contributed by atoms with Crippen LogP contribution in [0.5, 0.6) is 0 Å². The second kappa shape index (κ2) is 5.17. The number of aliphatic hydroxyl groups is 1. The Morgan fingerprint density at radius 2 is 2.00 bits per heavy atom. The van der Waals surface area contributed by atoms with Gasteiger partial charge in [0, 0.05) is 10.6 Å². The maximum absolute atomic E-state index is 11.8. The Morgan fingerprint density at radius 3 is 2.58 bits per heavy atom. The van der Waals surface area contributed by atoms with Crippen molar-refractivity contribution in [2.24, 2.45) is 0 Å². The molecule has 0 saturated carbocycles. The molecule has 1 N–H and O–H groups in total. The minimum absolute atomic E-state index is 0.417. The summed E-state index contributed by atoms with van der Waals surface area (Å²) >= 11 is 1.46. The zero-order chi connectivity index (χ0) is 8.81. The molecule has 1 atom stereocenters. The van der Waals surface area contributed by atoms with E-state index in [1.807, 2.05) is 30.3 Å². The fourth-order valence-corrected chi connectivity index (χ4v) is 1.58. The summed E-state index contributed by atoms with van der Waals surface area (Å²) in [5.41, 5.74) is 0. The average molecular weight is 186 g/mol. The zero-order valence-corrected chi connectivity index (χ0v) is 7.43. The maximum Gasteiger partial charge on any atom is 0.116 e. The first kappa shape index (κ1) is 9.55. The van der Waals surface area contributed by atoms with Gasteiger partial charge in [-0.25, -0.2) is 4.39 Å². The van der Waals surface area contributed by atoms with Crippen LogP contribution < -0.4 is 0 Å². The van der Waals surface area contributed by atoms with Gasteiger partial charge in [-0.1, -0.05) is 18.2 Å². The van der Waals surface area contributed by atoms with E-state index in [4.69, 9.17) is 5.11 Å². The first-order valence-electron chi connectivity index (χ1n) is 3.75. The highest BCUT2D eigenvalue weighted by Gasteiger charge is 2.02. The van der Waals surface area contributed by atoms with E-state index in [9.17, 15) is 4.39 Å². The van der Waals surface area contributed by atoms with E-state index in [0.717, 1.165) is 4.90 Å². The lowest BCUT2D eigenvalue weighted by molar-refractivity contribution is 0.162. The SMILES string of the molecule is OC(CF)CSc1ccccc1. The molecule has 12 heavy (non-hydrogen) atoms. The van der Waals surface area contributed by atoms with Gasteiger partial charge in [0.25, 0.3) is 0 Å². The fourth-order valence-electron chi connectivity index (χ4n) is 0.754. The van der Waals surface area contributed by atoms with Gasteiger partial charge in [0.1, 0.15) is 6.67 Å². The molecule has 0 fully saturated rings. The zero-order valence-electron chi connectivity index (χ0n) is 6.61. The van der Waals surface area contributed by atoms with E-state index in [-0.39, 0.29) is 0 Å². The fraction of sp³-hybridized carbons (Fsp3) is 0.333. The monoisotopic (exact) mass is 186 g/mol. The lowest BCUT2D eigenvalue weighted by Gasteiger charge is -2.04. The van der Waals surface area contributed by atoms with Crippen LogP contribution in [0.25, 0.3) is 0 Å². The molecule has 0 radical (unpaired) electrons. The second-order valence-electron chi connectivity index (χ2n) is 2.43. The van der Waals surface area contributed by atoms with Gasteiger partial charge in [-0.2, -0.15) is 0 Å². The minimum Gasteiger partial charge on any atom is -0.390 e. The number of alkyl halides is 1. The molecule has 1 unspecified atom stereocenters. The Morgan fingerprint density at radius 1 is 1.33 bits per heavy atom. The van der Waals surface area contributed by atoms with E-state index >= 15 is 0 Å². The molecular weight excluding hydrogens is 175 g/mol. The van der Waals surface area contributed by atoms with Crippen LogP contribution in [0, 0.1) is 0 Å². The van der Waals surface area contributed by atoms with Crippen molar-refractivity contribution in [1.29, 1.82) is 0 Å². The van der Waals surface area contributed by atoms with Crippen LogP contribution in [0.15, 0.2) is 35.2 Å². The normalized spacial score (nSPS) is 12.8. The van der Waals surface area contributed by atoms with Crippen molar-refractivity contribution in [3.05, 3.63) is 30.3 Å². The third-order valence-electron chi connectivity index (χ3n) is 1.36. The first-order chi connectivity index (χ1) is 5.83. The molecular formula is C9H11FOS. The van der Waals surface area contributed by atoms with Crippen molar-refractivity contribution < 1.29 is 9.50 Å². The van der Waals surface area contributed by atoms with Crippen LogP contribution in [-0.4, -0.2) is 23.6 Å². The molecule has 0 heterocycles. The molecule has 0 aromatic heterocycles. The summed E-state index contributed by atoms with van der Waals surface area (Å²) in [6, 6.07) is 9.65. The molecule has 1 aromatic rings. The van der Waals surface area contributed by atoms with Gasteiger partial charge in [-0.3, -0.25) is 0 Å². The Balaban J connectivity index is 2.33. The van der Waals surface area contributed by atoms with Crippen LogP contribution in [0.2, 0.25) is 0 Å². The van der Waals surface area contributed by atoms with E-state index < -0.39 is 12.8 Å². The summed E-state index contributed by atoms with van der Waals surface area (Å²) < 4.78 is 11.8. The van der Waals surface area contributed by atoms with Crippen molar-refractivity contribution in [2.75, 3.05) is 12.4 Å². The maximum atomic E-state index is 11.8. The van der Waals surface area contributed by atoms with Crippen LogP contribution in [0.3, 0.4) is 0 Å². The largest absolute Gasteiger partial charge is 0.390 e. The molecule has 66 valence electrons. The summed E-state index contributed by atoms with van der Waals surface area (Å²) in [6.45, 7) is -0.667. The van der Waals surface area contributed by atoms with Gasteiger partial charge in [0.15, 0.2) is 0 Å². The molecule has 0 bridgehead atoms.